The summed E-state index contributed by atoms with van der Waals surface area (Å²) in [5.41, 5.74) is 3.40. The van der Waals surface area contributed by atoms with Gasteiger partial charge in [0.2, 0.25) is 0 Å². The van der Waals surface area contributed by atoms with Gasteiger partial charge in [0.15, 0.2) is 5.96 Å². The van der Waals surface area contributed by atoms with E-state index in [0.29, 0.717) is 19.7 Å². The van der Waals surface area contributed by atoms with Gasteiger partial charge in [0.1, 0.15) is 12.4 Å². The number of nitrogens with zero attached hydrogens (tertiary/aromatic N) is 3. The molecule has 0 aliphatic rings. The van der Waals surface area contributed by atoms with E-state index >= 15 is 0 Å². The average molecular weight is 522 g/mol. The lowest BCUT2D eigenvalue weighted by Gasteiger charge is -2.13. The molecular weight excluding hydrogens is 497 g/mol. The van der Waals surface area contributed by atoms with Gasteiger partial charge in [0, 0.05) is 36.4 Å². The fraction of sp³-hybridized carbons (Fsp3) is 0.412. The van der Waals surface area contributed by atoms with Crippen molar-refractivity contribution in [2.75, 3.05) is 20.2 Å². The quantitative estimate of drug-likeness (QED) is 0.265. The van der Waals surface area contributed by atoms with E-state index in [1.54, 1.807) is 7.05 Å². The van der Waals surface area contributed by atoms with Gasteiger partial charge in [0.05, 0.1) is 12.2 Å². The van der Waals surface area contributed by atoms with Crippen LogP contribution in [0.4, 0.5) is 0 Å². The van der Waals surface area contributed by atoms with Crippen LogP contribution in [0.3, 0.4) is 0 Å². The fourth-order valence-electron chi connectivity index (χ4n) is 2.36. The Balaban J connectivity index is 0.00000312. The fourth-order valence-corrected chi connectivity index (χ4v) is 2.74. The van der Waals surface area contributed by atoms with Gasteiger partial charge in [-0.2, -0.15) is 5.10 Å². The van der Waals surface area contributed by atoms with Crippen LogP contribution in [-0.2, 0) is 13.6 Å². The third-order valence-corrected chi connectivity index (χ3v) is 4.27. The van der Waals surface area contributed by atoms with Crippen molar-refractivity contribution in [3.63, 3.8) is 0 Å². The van der Waals surface area contributed by atoms with Crippen molar-refractivity contribution < 1.29 is 4.74 Å². The van der Waals surface area contributed by atoms with Gasteiger partial charge in [-0.15, -0.1) is 24.0 Å². The highest BCUT2D eigenvalue weighted by Gasteiger charge is 2.09. The first-order chi connectivity index (χ1) is 11.5. The van der Waals surface area contributed by atoms with E-state index < -0.39 is 0 Å². The Morgan fingerprint density at radius 1 is 1.32 bits per heavy atom. The van der Waals surface area contributed by atoms with Crippen molar-refractivity contribution in [2.45, 2.75) is 20.4 Å². The predicted octanol–water partition coefficient (Wildman–Crippen LogP) is 3.16. The molecule has 25 heavy (non-hydrogen) atoms. The highest BCUT2D eigenvalue weighted by Crippen LogP contribution is 2.17. The third-order valence-electron chi connectivity index (χ3n) is 3.77. The van der Waals surface area contributed by atoms with Gasteiger partial charge < -0.3 is 15.4 Å². The molecule has 0 amide bonds. The molecule has 6 nitrogen and oxygen atoms in total. The maximum Gasteiger partial charge on any atom is 0.191 e. The Labute approximate surface area is 174 Å². The number of ether oxygens (including phenoxy) is 1. The Morgan fingerprint density at radius 3 is 2.68 bits per heavy atom. The molecule has 138 valence electrons. The predicted molar refractivity (Wildman–Crippen MR) is 116 cm³/mol. The number of aryl methyl sites for hydroxylation is 2. The summed E-state index contributed by atoms with van der Waals surface area (Å²) in [6.45, 7) is 6.00. The zero-order valence-corrected chi connectivity index (χ0v) is 18.9. The normalized spacial score (nSPS) is 11.0. The van der Waals surface area contributed by atoms with Gasteiger partial charge in [-0.05, 0) is 32.0 Å². The first kappa shape index (κ1) is 21.8. The number of hydrogen-bond donors (Lipinski definition) is 2. The molecule has 0 saturated heterocycles. The van der Waals surface area contributed by atoms with E-state index in [4.69, 9.17) is 4.74 Å². The minimum Gasteiger partial charge on any atom is -0.492 e. The van der Waals surface area contributed by atoms with Crippen LogP contribution in [0.5, 0.6) is 5.75 Å². The third kappa shape index (κ3) is 6.50. The standard InChI is InChI=1S/C17H24BrN5O.HI/c1-12-16(13(2)23(4)22-12)11-21-17(19-3)20-8-9-24-15-7-5-6-14(18)10-15;/h5-7,10H,8-9,11H2,1-4H3,(H2,19,20,21);1H. The highest BCUT2D eigenvalue weighted by molar-refractivity contribution is 14.0. The molecule has 0 bridgehead atoms. The SMILES string of the molecule is CN=C(NCCOc1cccc(Br)c1)NCc1c(C)nn(C)c1C.I. The Bertz CT molecular complexity index is 717. The summed E-state index contributed by atoms with van der Waals surface area (Å²) in [7, 11) is 3.71. The average Bonchev–Trinajstić information content (AvgIpc) is 2.80. The maximum absolute atomic E-state index is 5.70. The molecule has 0 atom stereocenters. The van der Waals surface area contributed by atoms with Crippen LogP contribution in [0.1, 0.15) is 17.0 Å². The largest absolute Gasteiger partial charge is 0.492 e. The second-order valence-electron chi connectivity index (χ2n) is 5.43. The number of hydrogen-bond acceptors (Lipinski definition) is 3. The lowest BCUT2D eigenvalue weighted by atomic mass is 10.2. The summed E-state index contributed by atoms with van der Waals surface area (Å²) < 4.78 is 8.60. The van der Waals surface area contributed by atoms with Gasteiger partial charge in [-0.25, -0.2) is 0 Å². The molecule has 2 aromatic rings. The molecule has 0 unspecified atom stereocenters. The van der Waals surface area contributed by atoms with Gasteiger partial charge in [0.25, 0.3) is 0 Å². The van der Waals surface area contributed by atoms with Crippen molar-refractivity contribution in [2.24, 2.45) is 12.0 Å². The van der Waals surface area contributed by atoms with Crippen molar-refractivity contribution in [1.29, 1.82) is 0 Å². The first-order valence-electron chi connectivity index (χ1n) is 7.83. The molecule has 0 aliphatic heterocycles. The smallest absolute Gasteiger partial charge is 0.191 e. The highest BCUT2D eigenvalue weighted by atomic mass is 127. The van der Waals surface area contributed by atoms with E-state index in [1.807, 2.05) is 42.9 Å². The van der Waals surface area contributed by atoms with Crippen LogP contribution in [-0.4, -0.2) is 35.9 Å². The molecule has 1 aromatic heterocycles. The summed E-state index contributed by atoms with van der Waals surface area (Å²) in [5, 5.41) is 11.0. The zero-order valence-electron chi connectivity index (χ0n) is 15.0. The van der Waals surface area contributed by atoms with E-state index in [-0.39, 0.29) is 24.0 Å². The van der Waals surface area contributed by atoms with E-state index in [2.05, 4.69) is 43.6 Å². The number of rotatable bonds is 6. The number of nitrogens with one attached hydrogen (secondary N) is 2. The minimum absolute atomic E-state index is 0. The van der Waals surface area contributed by atoms with Crippen LogP contribution < -0.4 is 15.4 Å². The Hall–Kier alpha value is -1.29. The molecule has 1 aromatic carbocycles. The lowest BCUT2D eigenvalue weighted by Crippen LogP contribution is -2.39. The zero-order chi connectivity index (χ0) is 17.5. The maximum atomic E-state index is 5.70. The monoisotopic (exact) mass is 521 g/mol. The number of guanidine groups is 1. The van der Waals surface area contributed by atoms with Crippen LogP contribution in [0.25, 0.3) is 0 Å². The summed E-state index contributed by atoms with van der Waals surface area (Å²) in [6.07, 6.45) is 0. The minimum atomic E-state index is 0. The molecule has 0 aliphatic carbocycles. The lowest BCUT2D eigenvalue weighted by molar-refractivity contribution is 0.321. The van der Waals surface area contributed by atoms with Crippen LogP contribution in [0.2, 0.25) is 0 Å². The van der Waals surface area contributed by atoms with Crippen molar-refractivity contribution in [3.8, 4) is 5.75 Å². The molecule has 0 saturated carbocycles. The second-order valence-corrected chi connectivity index (χ2v) is 6.35. The number of aliphatic imine (C=N–C) groups is 1. The van der Waals surface area contributed by atoms with Crippen molar-refractivity contribution in [1.82, 2.24) is 20.4 Å². The summed E-state index contributed by atoms with van der Waals surface area (Å²) in [6, 6.07) is 7.80. The first-order valence-corrected chi connectivity index (χ1v) is 8.62. The molecule has 0 spiro atoms. The van der Waals surface area contributed by atoms with Gasteiger partial charge in [-0.3, -0.25) is 9.67 Å². The molecule has 2 rings (SSSR count). The van der Waals surface area contributed by atoms with Crippen LogP contribution in [0, 0.1) is 13.8 Å². The molecule has 0 radical (unpaired) electrons. The molecule has 8 heteroatoms. The molecular formula is C17H25BrIN5O. The van der Waals surface area contributed by atoms with Crippen LogP contribution >= 0.6 is 39.9 Å². The van der Waals surface area contributed by atoms with E-state index in [1.165, 1.54) is 5.56 Å². The van der Waals surface area contributed by atoms with E-state index in [0.717, 1.165) is 27.6 Å². The number of benzene rings is 1. The second kappa shape index (κ2) is 10.6. The topological polar surface area (TPSA) is 63.5 Å². The molecule has 2 N–H and O–H groups in total. The van der Waals surface area contributed by atoms with Crippen LogP contribution in [0.15, 0.2) is 33.7 Å². The summed E-state index contributed by atoms with van der Waals surface area (Å²) in [5.74, 6) is 1.59. The van der Waals surface area contributed by atoms with Crippen molar-refractivity contribution in [3.05, 3.63) is 45.7 Å². The number of aromatic nitrogens is 2. The number of halogens is 2. The van der Waals surface area contributed by atoms with E-state index in [9.17, 15) is 0 Å². The molecule has 1 heterocycles. The summed E-state index contributed by atoms with van der Waals surface area (Å²) in [4.78, 5) is 4.23. The van der Waals surface area contributed by atoms with Crippen molar-refractivity contribution >= 4 is 45.9 Å². The van der Waals surface area contributed by atoms with Gasteiger partial charge in [-0.1, -0.05) is 22.0 Å². The Kier molecular flexibility index (Phi) is 9.26. The molecule has 0 fully saturated rings. The Morgan fingerprint density at radius 2 is 2.08 bits per heavy atom. The summed E-state index contributed by atoms with van der Waals surface area (Å²) >= 11 is 3.43. The van der Waals surface area contributed by atoms with Gasteiger partial charge >= 0.3 is 0 Å².